The van der Waals surface area contributed by atoms with Crippen molar-refractivity contribution in [1.82, 2.24) is 0 Å². The summed E-state index contributed by atoms with van der Waals surface area (Å²) in [6, 6.07) is 24.5. The van der Waals surface area contributed by atoms with Crippen LogP contribution in [0.3, 0.4) is 0 Å². The van der Waals surface area contributed by atoms with Gasteiger partial charge >= 0.3 is 0 Å². The molecule has 0 aliphatic rings. The maximum Gasteiger partial charge on any atom is 0.119 e. The average Bonchev–Trinajstić information content (AvgIpc) is 3.68. The van der Waals surface area contributed by atoms with E-state index in [1.807, 2.05) is 36.4 Å². The molecular weight excluding hydrogens is 976 g/mol. The highest BCUT2D eigenvalue weighted by Gasteiger charge is 2.13. The summed E-state index contributed by atoms with van der Waals surface area (Å²) in [7, 11) is 0. The number of unbranched alkanes of at least 4 members (excludes halogenated alkanes) is 27. The smallest absolute Gasteiger partial charge is 0.119 e. The summed E-state index contributed by atoms with van der Waals surface area (Å²) < 4.78 is 19.3. The van der Waals surface area contributed by atoms with Gasteiger partial charge in [-0.1, -0.05) is 218 Å². The van der Waals surface area contributed by atoms with Crippen molar-refractivity contribution in [2.75, 3.05) is 19.8 Å². The van der Waals surface area contributed by atoms with Gasteiger partial charge in [0.25, 0.3) is 0 Å². The second-order valence-electron chi connectivity index (χ2n) is 18.9. The van der Waals surface area contributed by atoms with Gasteiger partial charge in [-0.15, -0.1) is 11.3 Å². The number of hydrogen-bond donors (Lipinski definition) is 0. The Kier molecular flexibility index (Phi) is 32.5. The van der Waals surface area contributed by atoms with Crippen LogP contribution < -0.4 is 14.2 Å². The van der Waals surface area contributed by atoms with Crippen LogP contribution in [0.1, 0.15) is 245 Å². The summed E-state index contributed by atoms with van der Waals surface area (Å²) in [5.74, 6) is 23.3. The first-order chi connectivity index (χ1) is 34.1. The molecule has 374 valence electrons. The summed E-state index contributed by atoms with van der Waals surface area (Å²) >= 11 is 4.01. The lowest BCUT2D eigenvalue weighted by Gasteiger charge is -2.06. The molecule has 0 atom stereocenters. The van der Waals surface area contributed by atoms with Gasteiger partial charge in [0.1, 0.15) is 17.2 Å². The van der Waals surface area contributed by atoms with Gasteiger partial charge in [-0.3, -0.25) is 0 Å². The fourth-order valence-electron chi connectivity index (χ4n) is 8.33. The number of halogens is 1. The Bertz CT molecular complexity index is 2100. The van der Waals surface area contributed by atoms with Gasteiger partial charge in [-0.25, -0.2) is 0 Å². The van der Waals surface area contributed by atoms with Crippen molar-refractivity contribution in [2.24, 2.45) is 0 Å². The molecule has 0 aliphatic carbocycles. The molecular formula is C64H87IO3S. The summed E-state index contributed by atoms with van der Waals surface area (Å²) in [5, 5.41) is 0. The van der Waals surface area contributed by atoms with E-state index >= 15 is 0 Å². The summed E-state index contributed by atoms with van der Waals surface area (Å²) in [6.07, 6.45) is 39.7. The zero-order valence-corrected chi connectivity index (χ0v) is 46.2. The zero-order chi connectivity index (χ0) is 48.7. The van der Waals surface area contributed by atoms with Crippen LogP contribution in [0.5, 0.6) is 17.2 Å². The molecule has 0 unspecified atom stereocenters. The van der Waals surface area contributed by atoms with Crippen LogP contribution in [-0.4, -0.2) is 19.8 Å². The predicted octanol–water partition coefficient (Wildman–Crippen LogP) is 19.5. The quantitative estimate of drug-likeness (QED) is 0.0258. The number of hydrogen-bond acceptors (Lipinski definition) is 4. The van der Waals surface area contributed by atoms with E-state index in [9.17, 15) is 0 Å². The van der Waals surface area contributed by atoms with E-state index in [2.05, 4.69) is 115 Å². The summed E-state index contributed by atoms with van der Waals surface area (Å²) in [6.45, 7) is 9.12. The first kappa shape index (κ1) is 57.7. The lowest BCUT2D eigenvalue weighted by molar-refractivity contribution is 0.304. The fourth-order valence-corrected chi connectivity index (χ4v) is 10.2. The van der Waals surface area contributed by atoms with E-state index in [4.69, 9.17) is 14.2 Å². The maximum atomic E-state index is 6.09. The molecule has 0 aliphatic heterocycles. The molecule has 0 amide bonds. The van der Waals surface area contributed by atoms with E-state index in [0.717, 1.165) is 91.9 Å². The molecule has 0 N–H and O–H groups in total. The molecule has 4 aromatic rings. The lowest BCUT2D eigenvalue weighted by Crippen LogP contribution is -1.97. The van der Waals surface area contributed by atoms with Crippen LogP contribution in [0.2, 0.25) is 0 Å². The Hall–Kier alpha value is -3.83. The molecule has 3 aromatic carbocycles. The van der Waals surface area contributed by atoms with E-state index in [1.54, 1.807) is 11.3 Å². The van der Waals surface area contributed by atoms with Crippen LogP contribution in [0.15, 0.2) is 72.8 Å². The Labute approximate surface area is 439 Å². The number of ether oxygens (including phenoxy) is 3. The third-order valence-corrected chi connectivity index (χ3v) is 15.2. The molecule has 0 spiro atoms. The minimum absolute atomic E-state index is 0.757. The van der Waals surface area contributed by atoms with E-state index in [1.165, 1.54) is 173 Å². The van der Waals surface area contributed by atoms with Crippen molar-refractivity contribution in [1.29, 1.82) is 0 Å². The van der Waals surface area contributed by atoms with Gasteiger partial charge < -0.3 is 14.2 Å². The third-order valence-electron chi connectivity index (χ3n) is 12.7. The highest BCUT2D eigenvalue weighted by atomic mass is 127. The third kappa shape index (κ3) is 26.8. The first-order valence-corrected chi connectivity index (χ1v) is 29.6. The summed E-state index contributed by atoms with van der Waals surface area (Å²) in [5.41, 5.74) is 3.77. The van der Waals surface area contributed by atoms with Crippen molar-refractivity contribution in [3.05, 3.63) is 108 Å². The molecule has 0 fully saturated rings. The SMILES string of the molecule is CCCCCCCCCCCCOc1ccc(C#Cc2sc(C#Cc3ccc(OCCCCCCCCCCCC)cc3)c(C#Cc3ccc(OCCCCCCCCCCCC)cc3)c2I)cc1. The predicted molar refractivity (Wildman–Crippen MR) is 306 cm³/mol. The van der Waals surface area contributed by atoms with Crippen LogP contribution in [-0.2, 0) is 0 Å². The molecule has 69 heavy (non-hydrogen) atoms. The highest BCUT2D eigenvalue weighted by Crippen LogP contribution is 2.29. The molecule has 0 radical (unpaired) electrons. The monoisotopic (exact) mass is 1060 g/mol. The molecule has 0 saturated heterocycles. The van der Waals surface area contributed by atoms with Gasteiger partial charge in [0.05, 0.1) is 38.7 Å². The average molecular weight is 1060 g/mol. The second-order valence-corrected chi connectivity index (χ2v) is 21.0. The van der Waals surface area contributed by atoms with Crippen molar-refractivity contribution < 1.29 is 14.2 Å². The Morgan fingerprint density at radius 1 is 0.319 bits per heavy atom. The number of benzene rings is 3. The maximum absolute atomic E-state index is 6.09. The molecule has 0 saturated carbocycles. The van der Waals surface area contributed by atoms with Gasteiger partial charge in [0, 0.05) is 16.7 Å². The molecule has 0 bridgehead atoms. The minimum atomic E-state index is 0.757. The van der Waals surface area contributed by atoms with Gasteiger partial charge in [-0.2, -0.15) is 0 Å². The van der Waals surface area contributed by atoms with Crippen molar-refractivity contribution in [3.63, 3.8) is 0 Å². The molecule has 4 rings (SSSR count). The van der Waals surface area contributed by atoms with Gasteiger partial charge in [-0.05, 0) is 126 Å². The Balaban J connectivity index is 1.33. The Morgan fingerprint density at radius 3 is 0.884 bits per heavy atom. The normalized spacial score (nSPS) is 10.7. The lowest BCUT2D eigenvalue weighted by atomic mass is 10.1. The summed E-state index contributed by atoms with van der Waals surface area (Å²) in [4.78, 5) is 1.89. The van der Waals surface area contributed by atoms with Crippen molar-refractivity contribution in [2.45, 2.75) is 213 Å². The number of thiophene rings is 1. The van der Waals surface area contributed by atoms with E-state index in [-0.39, 0.29) is 0 Å². The van der Waals surface area contributed by atoms with Crippen LogP contribution in [0, 0.1) is 39.1 Å². The first-order valence-electron chi connectivity index (χ1n) is 27.7. The highest BCUT2D eigenvalue weighted by molar-refractivity contribution is 14.1. The second kappa shape index (κ2) is 38.9. The molecule has 1 heterocycles. The zero-order valence-electron chi connectivity index (χ0n) is 43.3. The van der Waals surface area contributed by atoms with Gasteiger partial charge in [0.2, 0.25) is 0 Å². The van der Waals surface area contributed by atoms with Crippen LogP contribution in [0.4, 0.5) is 0 Å². The van der Waals surface area contributed by atoms with Gasteiger partial charge in [0.15, 0.2) is 0 Å². The Morgan fingerprint density at radius 2 is 0.580 bits per heavy atom. The van der Waals surface area contributed by atoms with E-state index in [0.29, 0.717) is 0 Å². The number of rotatable bonds is 36. The fraction of sp³-hybridized carbons (Fsp3) is 0.562. The molecule has 1 aromatic heterocycles. The molecule has 3 nitrogen and oxygen atoms in total. The topological polar surface area (TPSA) is 27.7 Å². The van der Waals surface area contributed by atoms with Crippen LogP contribution >= 0.6 is 33.9 Å². The minimum Gasteiger partial charge on any atom is -0.494 e. The van der Waals surface area contributed by atoms with Crippen molar-refractivity contribution >= 4 is 33.9 Å². The largest absolute Gasteiger partial charge is 0.494 e. The molecule has 5 heteroatoms. The van der Waals surface area contributed by atoms with Crippen molar-refractivity contribution in [3.8, 4) is 52.8 Å². The van der Waals surface area contributed by atoms with Crippen LogP contribution in [0.25, 0.3) is 0 Å². The standard InChI is InChI=1S/C64H87IO3S/c1-4-7-10-13-16-19-22-25-28-31-52-66-58-43-34-55(35-44-58)40-49-61-62(50-41-56-36-45-59(46-37-56)67-53-32-29-26-23-20-17-14-11-8-5-2)69-63(64(61)65)51-42-57-38-47-60(48-39-57)68-54-33-30-27-24-21-18-15-12-9-6-3/h34-39,43-48H,4-33,52-54H2,1-3H3. The van der Waals surface area contributed by atoms with E-state index < -0.39 is 0 Å².